The first-order chi connectivity index (χ1) is 13.1. The fourth-order valence-corrected chi connectivity index (χ4v) is 3.34. The van der Waals surface area contributed by atoms with Gasteiger partial charge in [0.25, 0.3) is 5.91 Å². The second kappa shape index (κ2) is 8.55. The zero-order valence-electron chi connectivity index (χ0n) is 14.2. The molecule has 0 aliphatic carbocycles. The van der Waals surface area contributed by atoms with Gasteiger partial charge in [-0.25, -0.2) is 4.98 Å². The monoisotopic (exact) mass is 386 g/mol. The molecule has 0 aliphatic heterocycles. The van der Waals surface area contributed by atoms with Gasteiger partial charge in [-0.3, -0.25) is 9.69 Å². The Labute approximate surface area is 159 Å². The lowest BCUT2D eigenvalue weighted by Crippen LogP contribution is -2.31. The standard InChI is InChI=1S/C20H16F2N2O2S/c1-2-12-24(18(25)15-10-6-7-11-17(15)26-19(21)22)20-23-16(13-27-20)14-8-4-3-5-9-14/h2-11,13,19H,1,12H2. The predicted molar refractivity (Wildman–Crippen MR) is 102 cm³/mol. The van der Waals surface area contributed by atoms with Crippen molar-refractivity contribution in [2.75, 3.05) is 11.4 Å². The summed E-state index contributed by atoms with van der Waals surface area (Å²) in [6.45, 7) is 0.836. The Kier molecular flexibility index (Phi) is 5.93. The molecule has 1 aromatic heterocycles. The molecule has 0 spiro atoms. The van der Waals surface area contributed by atoms with Crippen LogP contribution in [0.3, 0.4) is 0 Å². The fourth-order valence-electron chi connectivity index (χ4n) is 2.49. The van der Waals surface area contributed by atoms with Gasteiger partial charge in [0.05, 0.1) is 11.3 Å². The first-order valence-electron chi connectivity index (χ1n) is 8.07. The molecule has 0 N–H and O–H groups in total. The number of anilines is 1. The Morgan fingerprint density at radius 3 is 2.59 bits per heavy atom. The molecule has 0 radical (unpaired) electrons. The zero-order valence-corrected chi connectivity index (χ0v) is 15.0. The van der Waals surface area contributed by atoms with E-state index < -0.39 is 12.5 Å². The Morgan fingerprint density at radius 2 is 1.89 bits per heavy atom. The van der Waals surface area contributed by atoms with Crippen LogP contribution in [0.4, 0.5) is 13.9 Å². The summed E-state index contributed by atoms with van der Waals surface area (Å²) < 4.78 is 29.8. The van der Waals surface area contributed by atoms with Gasteiger partial charge in [-0.15, -0.1) is 17.9 Å². The van der Waals surface area contributed by atoms with Crippen molar-refractivity contribution in [3.05, 3.63) is 78.2 Å². The molecule has 1 heterocycles. The molecule has 138 valence electrons. The Bertz CT molecular complexity index is 928. The van der Waals surface area contributed by atoms with E-state index in [1.54, 1.807) is 12.1 Å². The first-order valence-corrected chi connectivity index (χ1v) is 8.95. The van der Waals surface area contributed by atoms with Crippen LogP contribution in [0, 0.1) is 0 Å². The van der Waals surface area contributed by atoms with Crippen LogP contribution in [0.2, 0.25) is 0 Å². The summed E-state index contributed by atoms with van der Waals surface area (Å²) in [5, 5.41) is 2.29. The van der Waals surface area contributed by atoms with Crippen LogP contribution in [0.25, 0.3) is 11.3 Å². The van der Waals surface area contributed by atoms with E-state index in [4.69, 9.17) is 0 Å². The summed E-state index contributed by atoms with van der Waals surface area (Å²) in [6, 6.07) is 15.5. The topological polar surface area (TPSA) is 42.4 Å². The number of carbonyl (C=O) groups is 1. The summed E-state index contributed by atoms with van der Waals surface area (Å²) in [5.74, 6) is -0.661. The lowest BCUT2D eigenvalue weighted by Gasteiger charge is -2.19. The number of benzene rings is 2. The van der Waals surface area contributed by atoms with Gasteiger partial charge in [0.2, 0.25) is 0 Å². The highest BCUT2D eigenvalue weighted by Crippen LogP contribution is 2.30. The molecule has 7 heteroatoms. The van der Waals surface area contributed by atoms with Crippen LogP contribution in [0.5, 0.6) is 5.75 Å². The minimum atomic E-state index is -3.02. The molecule has 0 atom stereocenters. The normalized spacial score (nSPS) is 10.6. The Morgan fingerprint density at radius 1 is 1.19 bits per heavy atom. The van der Waals surface area contributed by atoms with Crippen LogP contribution in [0.15, 0.2) is 72.6 Å². The quantitative estimate of drug-likeness (QED) is 0.521. The molecule has 0 saturated carbocycles. The number of halogens is 2. The SMILES string of the molecule is C=CCN(C(=O)c1ccccc1OC(F)F)c1nc(-c2ccccc2)cs1. The van der Waals surface area contributed by atoms with Gasteiger partial charge in [-0.1, -0.05) is 48.5 Å². The molecule has 0 aliphatic rings. The minimum absolute atomic E-state index is 0.0381. The van der Waals surface area contributed by atoms with Crippen molar-refractivity contribution in [3.8, 4) is 17.0 Å². The first kappa shape index (κ1) is 18.7. The third-order valence-electron chi connectivity index (χ3n) is 3.68. The Hall–Kier alpha value is -3.06. The van der Waals surface area contributed by atoms with Crippen molar-refractivity contribution >= 4 is 22.4 Å². The van der Waals surface area contributed by atoms with E-state index in [1.165, 1.54) is 34.4 Å². The van der Waals surface area contributed by atoms with E-state index in [1.807, 2.05) is 35.7 Å². The average Bonchev–Trinajstić information content (AvgIpc) is 3.16. The molecular weight excluding hydrogens is 370 g/mol. The van der Waals surface area contributed by atoms with Crippen molar-refractivity contribution in [1.29, 1.82) is 0 Å². The van der Waals surface area contributed by atoms with Crippen LogP contribution in [0.1, 0.15) is 10.4 Å². The summed E-state index contributed by atoms with van der Waals surface area (Å²) in [5.41, 5.74) is 1.69. The molecule has 2 aromatic carbocycles. The van der Waals surface area contributed by atoms with Gasteiger partial charge in [-0.2, -0.15) is 8.78 Å². The van der Waals surface area contributed by atoms with E-state index in [0.29, 0.717) is 5.13 Å². The molecule has 0 fully saturated rings. The number of hydrogen-bond acceptors (Lipinski definition) is 4. The van der Waals surface area contributed by atoms with Crippen molar-refractivity contribution in [2.24, 2.45) is 0 Å². The number of nitrogens with zero attached hydrogens (tertiary/aromatic N) is 2. The van der Waals surface area contributed by atoms with Crippen LogP contribution < -0.4 is 9.64 Å². The smallest absolute Gasteiger partial charge is 0.387 e. The maximum Gasteiger partial charge on any atom is 0.387 e. The summed E-state index contributed by atoms with van der Waals surface area (Å²) in [7, 11) is 0. The number of hydrogen-bond donors (Lipinski definition) is 0. The Balaban J connectivity index is 1.94. The fraction of sp³-hybridized carbons (Fsp3) is 0.100. The van der Waals surface area contributed by atoms with Crippen molar-refractivity contribution in [3.63, 3.8) is 0 Å². The number of aromatic nitrogens is 1. The third-order valence-corrected chi connectivity index (χ3v) is 4.55. The number of rotatable bonds is 7. The van der Waals surface area contributed by atoms with E-state index >= 15 is 0 Å². The lowest BCUT2D eigenvalue weighted by molar-refractivity contribution is -0.0501. The molecule has 4 nitrogen and oxygen atoms in total. The van der Waals surface area contributed by atoms with Crippen molar-refractivity contribution < 1.29 is 18.3 Å². The summed E-state index contributed by atoms with van der Waals surface area (Å²) in [4.78, 5) is 18.9. The van der Waals surface area contributed by atoms with E-state index in [-0.39, 0.29) is 17.9 Å². The number of ether oxygens (including phenoxy) is 1. The van der Waals surface area contributed by atoms with Gasteiger partial charge < -0.3 is 4.74 Å². The molecular formula is C20H16F2N2O2S. The van der Waals surface area contributed by atoms with Gasteiger partial charge in [0, 0.05) is 17.5 Å². The third kappa shape index (κ3) is 4.38. The molecule has 0 bridgehead atoms. The molecule has 0 unspecified atom stereocenters. The van der Waals surface area contributed by atoms with Gasteiger partial charge in [0.15, 0.2) is 5.13 Å². The number of para-hydroxylation sites is 1. The highest BCUT2D eigenvalue weighted by molar-refractivity contribution is 7.14. The van der Waals surface area contributed by atoms with E-state index in [9.17, 15) is 13.6 Å². The van der Waals surface area contributed by atoms with Crippen LogP contribution in [-0.2, 0) is 0 Å². The van der Waals surface area contributed by atoms with Gasteiger partial charge in [-0.05, 0) is 12.1 Å². The molecule has 1 amide bonds. The second-order valence-corrected chi connectivity index (χ2v) is 6.30. The molecule has 27 heavy (non-hydrogen) atoms. The summed E-state index contributed by atoms with van der Waals surface area (Å²) >= 11 is 1.29. The zero-order chi connectivity index (χ0) is 19.2. The number of amides is 1. The van der Waals surface area contributed by atoms with Crippen LogP contribution in [-0.4, -0.2) is 24.0 Å². The predicted octanol–water partition coefficient (Wildman–Crippen LogP) is 5.24. The molecule has 3 rings (SSSR count). The van der Waals surface area contributed by atoms with Crippen LogP contribution >= 0.6 is 11.3 Å². The number of carbonyl (C=O) groups excluding carboxylic acids is 1. The number of thiazole rings is 1. The highest BCUT2D eigenvalue weighted by Gasteiger charge is 2.24. The van der Waals surface area contributed by atoms with E-state index in [0.717, 1.165) is 11.3 Å². The second-order valence-electron chi connectivity index (χ2n) is 5.46. The number of alkyl halides is 2. The highest BCUT2D eigenvalue weighted by atomic mass is 32.1. The maximum atomic E-state index is 13.0. The minimum Gasteiger partial charge on any atom is -0.434 e. The van der Waals surface area contributed by atoms with Crippen molar-refractivity contribution in [2.45, 2.75) is 6.61 Å². The van der Waals surface area contributed by atoms with Gasteiger partial charge >= 0.3 is 6.61 Å². The van der Waals surface area contributed by atoms with E-state index in [2.05, 4.69) is 16.3 Å². The summed E-state index contributed by atoms with van der Waals surface area (Å²) in [6.07, 6.45) is 1.55. The molecule has 0 saturated heterocycles. The average molecular weight is 386 g/mol. The lowest BCUT2D eigenvalue weighted by atomic mass is 10.1. The molecule has 3 aromatic rings. The van der Waals surface area contributed by atoms with Crippen molar-refractivity contribution in [1.82, 2.24) is 4.98 Å². The largest absolute Gasteiger partial charge is 0.434 e. The maximum absolute atomic E-state index is 13.0. The van der Waals surface area contributed by atoms with Gasteiger partial charge in [0.1, 0.15) is 5.75 Å².